The largest absolute Gasteiger partial charge is 1.00 e. The summed E-state index contributed by atoms with van der Waals surface area (Å²) in [5.74, 6) is 0. The van der Waals surface area contributed by atoms with E-state index in [1.165, 1.54) is 19.1 Å². The maximum atomic E-state index is 2.30. The van der Waals surface area contributed by atoms with Gasteiger partial charge >= 0.3 is 29.6 Å². The van der Waals surface area contributed by atoms with Crippen LogP contribution in [0.5, 0.6) is 0 Å². The second kappa shape index (κ2) is 7.18. The minimum Gasteiger partial charge on any atom is -0.190 e. The van der Waals surface area contributed by atoms with Crippen molar-refractivity contribution in [3.05, 3.63) is 70.1 Å². The molecule has 0 saturated carbocycles. The van der Waals surface area contributed by atoms with Crippen molar-refractivity contribution < 1.29 is 29.6 Å². The first-order chi connectivity index (χ1) is 10.4. The molecule has 0 aliphatic carbocycles. The molecule has 0 bridgehead atoms. The van der Waals surface area contributed by atoms with E-state index in [2.05, 4.69) is 70.1 Å². The van der Waals surface area contributed by atoms with Gasteiger partial charge in [0.2, 0.25) is 0 Å². The standard InChI is InChI=1S/C16H12BS4.Na/c1-5-13(18-9-1)17(14-6-2-10-19-14,15-7-3-11-20-15)16-8-4-12-21-16;/h1-12H;/q-1;+1. The maximum Gasteiger partial charge on any atom is 1.00 e. The predicted molar refractivity (Wildman–Crippen MR) is 102 cm³/mol. The molecule has 6 heteroatoms. The van der Waals surface area contributed by atoms with Crippen molar-refractivity contribution in [3.8, 4) is 0 Å². The molecule has 0 amide bonds. The topological polar surface area (TPSA) is 0 Å². The van der Waals surface area contributed by atoms with E-state index in [0.29, 0.717) is 0 Å². The molecule has 0 saturated heterocycles. The quantitative estimate of drug-likeness (QED) is 0.457. The predicted octanol–water partition coefficient (Wildman–Crippen LogP) is 0.314. The van der Waals surface area contributed by atoms with Crippen LogP contribution < -0.4 is 48.7 Å². The molecule has 0 aromatic carbocycles. The molecule has 104 valence electrons. The molecule has 0 fully saturated rings. The van der Waals surface area contributed by atoms with Crippen LogP contribution in [0.25, 0.3) is 0 Å². The summed E-state index contributed by atoms with van der Waals surface area (Å²) in [6.45, 7) is 0. The first-order valence-electron chi connectivity index (χ1n) is 6.74. The second-order valence-corrected chi connectivity index (χ2v) is 8.84. The van der Waals surface area contributed by atoms with Gasteiger partial charge in [-0.2, -0.15) is 45.3 Å². The molecule has 0 unspecified atom stereocenters. The monoisotopic (exact) mass is 366 g/mol. The summed E-state index contributed by atoms with van der Waals surface area (Å²) in [7, 11) is 0. The van der Waals surface area contributed by atoms with Crippen molar-refractivity contribution in [2.24, 2.45) is 0 Å². The zero-order chi connectivity index (χ0) is 14.1. The van der Waals surface area contributed by atoms with Gasteiger partial charge in [-0.1, -0.05) is 48.5 Å². The number of rotatable bonds is 4. The summed E-state index contributed by atoms with van der Waals surface area (Å²) in [4.78, 5) is 0. The van der Waals surface area contributed by atoms with Gasteiger partial charge in [0.15, 0.2) is 0 Å². The first kappa shape index (κ1) is 16.7. The van der Waals surface area contributed by atoms with Gasteiger partial charge in [0.25, 0.3) is 0 Å². The van der Waals surface area contributed by atoms with Crippen LogP contribution in [0.4, 0.5) is 0 Å². The third-order valence-corrected chi connectivity index (χ3v) is 8.10. The van der Waals surface area contributed by atoms with Gasteiger partial charge in [-0.15, -0.1) is 19.1 Å². The van der Waals surface area contributed by atoms with Crippen LogP contribution in [0, 0.1) is 0 Å². The Hall–Kier alpha value is -0.135. The van der Waals surface area contributed by atoms with Crippen LogP contribution in [-0.4, -0.2) is 6.15 Å². The summed E-state index contributed by atoms with van der Waals surface area (Å²) in [5, 5.41) is 8.78. The van der Waals surface area contributed by atoms with E-state index in [1.54, 1.807) is 0 Å². The van der Waals surface area contributed by atoms with Gasteiger partial charge in [-0.25, -0.2) is 0 Å². The Balaban J connectivity index is 0.00000144. The van der Waals surface area contributed by atoms with Gasteiger partial charge < -0.3 is 0 Å². The minimum atomic E-state index is -0.981. The van der Waals surface area contributed by atoms with Crippen molar-refractivity contribution in [1.29, 1.82) is 0 Å². The van der Waals surface area contributed by atoms with Gasteiger partial charge in [-0.05, 0) is 21.5 Å². The van der Waals surface area contributed by atoms with Crippen LogP contribution in [-0.2, 0) is 0 Å². The van der Waals surface area contributed by atoms with E-state index in [9.17, 15) is 0 Å². The molecule has 0 N–H and O–H groups in total. The molecular weight excluding hydrogens is 354 g/mol. The maximum absolute atomic E-state index is 2.30. The van der Waals surface area contributed by atoms with E-state index >= 15 is 0 Å². The number of thiophene rings is 4. The third-order valence-electron chi connectivity index (χ3n) is 3.88. The first-order valence-corrected chi connectivity index (χ1v) is 10.3. The molecule has 4 aromatic rings. The van der Waals surface area contributed by atoms with E-state index < -0.39 is 6.15 Å². The van der Waals surface area contributed by atoms with E-state index in [1.807, 2.05) is 45.3 Å². The smallest absolute Gasteiger partial charge is 0.190 e. The average molecular weight is 366 g/mol. The van der Waals surface area contributed by atoms with E-state index in [4.69, 9.17) is 0 Å². The molecule has 0 radical (unpaired) electrons. The molecule has 4 aromatic heterocycles. The Kier molecular flexibility index (Phi) is 5.45. The van der Waals surface area contributed by atoms with Crippen LogP contribution in [0.3, 0.4) is 0 Å². The van der Waals surface area contributed by atoms with Crippen molar-refractivity contribution in [1.82, 2.24) is 0 Å². The number of hydrogen-bond donors (Lipinski definition) is 0. The van der Waals surface area contributed by atoms with Gasteiger partial charge in [0.05, 0.1) is 0 Å². The zero-order valence-corrected chi connectivity index (χ0v) is 17.4. The summed E-state index contributed by atoms with van der Waals surface area (Å²) in [6.07, 6.45) is -0.981. The van der Waals surface area contributed by atoms with Gasteiger partial charge in [0, 0.05) is 0 Å². The molecule has 0 aliphatic heterocycles. The summed E-state index contributed by atoms with van der Waals surface area (Å²) >= 11 is 7.49. The Morgan fingerprint density at radius 3 is 0.955 bits per heavy atom. The van der Waals surface area contributed by atoms with E-state index in [-0.39, 0.29) is 29.6 Å². The Morgan fingerprint density at radius 2 is 0.773 bits per heavy atom. The third kappa shape index (κ3) is 2.63. The van der Waals surface area contributed by atoms with Crippen LogP contribution in [0.15, 0.2) is 70.1 Å². The van der Waals surface area contributed by atoms with E-state index in [0.717, 1.165) is 0 Å². The summed E-state index contributed by atoms with van der Waals surface area (Å²) < 4.78 is 5.84. The fourth-order valence-corrected chi connectivity index (χ4v) is 7.67. The normalized spacial score (nSPS) is 11.3. The summed E-state index contributed by atoms with van der Waals surface area (Å²) in [5.41, 5.74) is 0. The SMILES string of the molecule is [Na+].c1csc([B-](c2cccs2)(c2cccs2)c2cccs2)c1. The van der Waals surface area contributed by atoms with Crippen molar-refractivity contribution in [2.75, 3.05) is 0 Å². The minimum absolute atomic E-state index is 0. The molecule has 0 nitrogen and oxygen atoms in total. The van der Waals surface area contributed by atoms with Crippen molar-refractivity contribution >= 4 is 70.6 Å². The van der Waals surface area contributed by atoms with Crippen LogP contribution in [0.2, 0.25) is 0 Å². The molecule has 4 rings (SSSR count). The molecule has 0 aliphatic rings. The van der Waals surface area contributed by atoms with Crippen molar-refractivity contribution in [3.63, 3.8) is 0 Å². The Labute approximate surface area is 168 Å². The zero-order valence-electron chi connectivity index (χ0n) is 12.1. The fourth-order valence-electron chi connectivity index (χ4n) is 2.99. The van der Waals surface area contributed by atoms with Crippen LogP contribution in [0.1, 0.15) is 0 Å². The van der Waals surface area contributed by atoms with Crippen molar-refractivity contribution in [2.45, 2.75) is 0 Å². The van der Waals surface area contributed by atoms with Gasteiger partial charge in [0.1, 0.15) is 6.15 Å². The fraction of sp³-hybridized carbons (Fsp3) is 0. The summed E-state index contributed by atoms with van der Waals surface area (Å²) in [6, 6.07) is 17.9. The van der Waals surface area contributed by atoms with Crippen LogP contribution >= 0.6 is 45.3 Å². The second-order valence-electron chi connectivity index (χ2n) is 4.93. The molecule has 22 heavy (non-hydrogen) atoms. The molecule has 0 spiro atoms. The number of hydrogen-bond acceptors (Lipinski definition) is 4. The molecule has 4 heterocycles. The molecular formula is C16H12BNaS4. The van der Waals surface area contributed by atoms with Gasteiger partial charge in [-0.3, -0.25) is 0 Å². The Bertz CT molecular complexity index is 644. The molecule has 0 atom stereocenters. The Morgan fingerprint density at radius 1 is 0.500 bits per heavy atom. The average Bonchev–Trinajstić information content (AvgIpc) is 3.32.